The quantitative estimate of drug-likeness (QED) is 0.106. The molecule has 0 aliphatic carbocycles. The van der Waals surface area contributed by atoms with Crippen molar-refractivity contribution in [2.75, 3.05) is 0 Å². The van der Waals surface area contributed by atoms with Crippen LogP contribution in [0.1, 0.15) is 130 Å². The average molecular weight is 728 g/mol. The molecule has 0 atom stereocenters. The van der Waals surface area contributed by atoms with Gasteiger partial charge in [-0.15, -0.1) is 0 Å². The van der Waals surface area contributed by atoms with Crippen molar-refractivity contribution in [3.8, 4) is 23.2 Å². The summed E-state index contributed by atoms with van der Waals surface area (Å²) in [6, 6.07) is 23.1. The van der Waals surface area contributed by atoms with E-state index in [1.54, 1.807) is 6.92 Å². The fraction of sp³-hybridized carbons (Fsp3) is 0.351. The van der Waals surface area contributed by atoms with E-state index in [1.807, 2.05) is 30.3 Å². The number of hydrogen-bond acceptors (Lipinski definition) is 1. The zero-order chi connectivity index (χ0) is 30.0. The Labute approximate surface area is 258 Å². The Morgan fingerprint density at radius 2 is 1.02 bits per heavy atom. The molecule has 0 unspecified atom stereocenters. The van der Waals surface area contributed by atoms with Crippen molar-refractivity contribution in [1.29, 1.82) is 0 Å². The van der Waals surface area contributed by atoms with Gasteiger partial charge < -0.3 is 0 Å². The second kappa shape index (κ2) is 12.8. The second-order valence-electron chi connectivity index (χ2n) is 12.0. The first-order chi connectivity index (χ1) is 19.5. The van der Waals surface area contributed by atoms with E-state index in [4.69, 9.17) is 0 Å². The Morgan fingerprint density at radius 3 is 1.41 bits per heavy atom. The molecule has 217 valence electrons. The van der Waals surface area contributed by atoms with Crippen LogP contribution in [-0.2, 0) is 20.6 Å². The molecule has 0 saturated heterocycles. The van der Waals surface area contributed by atoms with Gasteiger partial charge in [0.05, 0.1) is 0 Å². The van der Waals surface area contributed by atoms with Crippen molar-refractivity contribution in [3.05, 3.63) is 110 Å². The molecule has 0 spiro atoms. The molecule has 3 nitrogen and oxygen atoms in total. The zero-order valence-corrected chi connectivity index (χ0v) is 27.9. The Hall–Kier alpha value is -3.16. The van der Waals surface area contributed by atoms with Gasteiger partial charge in [0.25, 0.3) is 0 Å². The molecule has 3 aromatic carbocycles. The van der Waals surface area contributed by atoms with Crippen molar-refractivity contribution >= 4 is 5.78 Å². The third-order valence-corrected chi connectivity index (χ3v) is 8.54. The topological polar surface area (TPSA) is 26.9 Å². The third kappa shape index (κ3) is 6.07. The Kier molecular flexibility index (Phi) is 9.60. The van der Waals surface area contributed by atoms with E-state index in [1.165, 1.54) is 22.3 Å². The number of hydrogen-bond donors (Lipinski definition) is 0. The summed E-state index contributed by atoms with van der Waals surface area (Å²) >= 11 is 2.71. The molecule has 0 fully saturated rings. The van der Waals surface area contributed by atoms with Crippen LogP contribution in [0.25, 0.3) is 11.4 Å². The molecule has 1 aromatic heterocycles. The summed E-state index contributed by atoms with van der Waals surface area (Å²) < 4.78 is 5.37. The minimum absolute atomic E-state index is 0.00370. The van der Waals surface area contributed by atoms with Crippen molar-refractivity contribution in [2.24, 2.45) is 0 Å². The van der Waals surface area contributed by atoms with Gasteiger partial charge in [-0.25, -0.2) is 0 Å². The van der Waals surface area contributed by atoms with Crippen LogP contribution in [0.4, 0.5) is 0 Å². The van der Waals surface area contributed by atoms with Gasteiger partial charge in [-0.05, 0) is 0 Å². The minimum atomic E-state index is -0.00370. The van der Waals surface area contributed by atoms with Crippen molar-refractivity contribution in [3.63, 3.8) is 0 Å². The molecule has 41 heavy (non-hydrogen) atoms. The first-order valence-electron chi connectivity index (χ1n) is 14.6. The Bertz CT molecular complexity index is 1640. The number of imidazole rings is 1. The summed E-state index contributed by atoms with van der Waals surface area (Å²) in [5, 5.41) is 0. The van der Waals surface area contributed by atoms with Gasteiger partial charge in [0.2, 0.25) is 0 Å². The molecule has 0 bridgehead atoms. The van der Waals surface area contributed by atoms with Gasteiger partial charge in [0.1, 0.15) is 0 Å². The number of Topliss-reactive ketones (excluding diaryl/α,β-unsaturated/α-hetero) is 1. The van der Waals surface area contributed by atoms with Gasteiger partial charge in [0.15, 0.2) is 0 Å². The van der Waals surface area contributed by atoms with E-state index in [9.17, 15) is 4.79 Å². The zero-order valence-electron chi connectivity index (χ0n) is 25.8. The van der Waals surface area contributed by atoms with E-state index in [-0.39, 0.29) is 29.5 Å². The summed E-state index contributed by atoms with van der Waals surface area (Å²) in [7, 11) is 0. The van der Waals surface area contributed by atoms with Gasteiger partial charge in [-0.2, -0.15) is 0 Å². The summed E-state index contributed by atoms with van der Waals surface area (Å²) in [5.41, 5.74) is 9.40. The standard InChI is InChI=1S/C37H42N2O.Au/c1-24(2)30-17-13-18-31(25(3)4)36(30)38-23-39(37-32(26(5)6)19-14-20-33(37)27(7)8)35(28(9)40)34(38)22-21-29-15-11-10-12-16-29;/h10-20,24-27H,1-9H3;. The Morgan fingerprint density at radius 1 is 0.610 bits per heavy atom. The fourth-order valence-electron chi connectivity index (χ4n) is 5.50. The molecule has 0 N–H and O–H groups in total. The van der Waals surface area contributed by atoms with Crippen LogP contribution in [0.5, 0.6) is 0 Å². The average Bonchev–Trinajstić information content (AvgIpc) is 3.22. The summed E-state index contributed by atoms with van der Waals surface area (Å²) in [5.74, 6) is 8.02. The van der Waals surface area contributed by atoms with E-state index in [0.29, 0.717) is 5.69 Å². The number of nitrogens with zero attached hydrogens (tertiary/aromatic N) is 2. The van der Waals surface area contributed by atoms with Crippen molar-refractivity contribution in [2.45, 2.75) is 86.0 Å². The molecule has 0 saturated carbocycles. The van der Waals surface area contributed by atoms with Crippen LogP contribution in [0.2, 0.25) is 0 Å². The summed E-state index contributed by atoms with van der Waals surface area (Å²) in [4.78, 5) is 13.8. The van der Waals surface area contributed by atoms with Crippen molar-refractivity contribution in [1.82, 2.24) is 9.13 Å². The van der Waals surface area contributed by atoms with E-state index in [2.05, 4.69) is 133 Å². The number of carbonyl (C=O) groups is 1. The second-order valence-corrected chi connectivity index (χ2v) is 12.9. The van der Waals surface area contributed by atoms with Crippen LogP contribution < -0.4 is 0 Å². The predicted molar refractivity (Wildman–Crippen MR) is 167 cm³/mol. The van der Waals surface area contributed by atoms with Gasteiger partial charge in [-0.3, -0.25) is 0 Å². The van der Waals surface area contributed by atoms with Crippen LogP contribution >= 0.6 is 0 Å². The number of rotatable bonds is 7. The van der Waals surface area contributed by atoms with Crippen LogP contribution in [0, 0.1) is 15.5 Å². The number of carbonyl (C=O) groups excluding carboxylic acids is 1. The first-order valence-corrected chi connectivity index (χ1v) is 15.7. The molecule has 4 rings (SSSR count). The van der Waals surface area contributed by atoms with Gasteiger partial charge >= 0.3 is 259 Å². The number of ketones is 1. The van der Waals surface area contributed by atoms with Crippen LogP contribution in [0.15, 0.2) is 66.7 Å². The van der Waals surface area contributed by atoms with Gasteiger partial charge in [-0.1, -0.05) is 0 Å². The Balaban J connectivity index is 2.29. The summed E-state index contributed by atoms with van der Waals surface area (Å²) in [6.45, 7) is 19.5. The molecule has 0 aliphatic rings. The maximum absolute atomic E-state index is 13.8. The van der Waals surface area contributed by atoms with E-state index >= 15 is 0 Å². The molecule has 1 heterocycles. The van der Waals surface area contributed by atoms with Crippen LogP contribution in [-0.4, -0.2) is 14.9 Å². The van der Waals surface area contributed by atoms with Gasteiger partial charge in [0, 0.05) is 0 Å². The monoisotopic (exact) mass is 727 g/mol. The first kappa shape index (κ1) is 30.8. The molecule has 0 radical (unpaired) electrons. The molecule has 4 heteroatoms. The number of benzene rings is 3. The van der Waals surface area contributed by atoms with E-state index in [0.717, 1.165) is 26.3 Å². The maximum atomic E-state index is 13.8. The van der Waals surface area contributed by atoms with E-state index < -0.39 is 0 Å². The molecule has 0 aliphatic heterocycles. The van der Waals surface area contributed by atoms with Crippen LogP contribution in [0.3, 0.4) is 0 Å². The molecular formula is C37H42AuN2O. The SMILES string of the molecule is CC(=O)c1c(C#Cc2ccccc2)n(-c2c(C(C)C)cccc2C(C)C)[c](=[Au])n1-c1c(C(C)C)cccc1C(C)C. The fourth-order valence-corrected chi connectivity index (χ4v) is 6.47. The predicted octanol–water partition coefficient (Wildman–Crippen LogP) is 9.44. The molecule has 0 amide bonds. The van der Waals surface area contributed by atoms with Crippen molar-refractivity contribution < 1.29 is 25.4 Å². The normalized spacial score (nSPS) is 11.5. The number of aromatic nitrogens is 2. The number of para-hydroxylation sites is 2. The third-order valence-electron chi connectivity index (χ3n) is 7.57. The summed E-state index contributed by atoms with van der Waals surface area (Å²) in [6.07, 6.45) is 0. The molecular weight excluding hydrogens is 685 g/mol. The molecule has 4 aromatic rings.